The molecule has 15 heteroatoms. The van der Waals surface area contributed by atoms with Crippen LogP contribution >= 0.6 is 34.8 Å². The second-order valence-corrected chi connectivity index (χ2v) is 14.5. The van der Waals surface area contributed by atoms with E-state index in [1.807, 2.05) is 68.4 Å². The molecule has 4 heterocycles. The van der Waals surface area contributed by atoms with Crippen LogP contribution in [0.2, 0.25) is 10.0 Å². The molecular formula is C42H45Cl3N6O6. The number of nitrogens with one attached hydrogen (secondary N) is 3. The number of esters is 2. The molecule has 2 atom stereocenters. The molecule has 4 aliphatic rings. The number of hydrogen-bond acceptors (Lipinski definition) is 12. The van der Waals surface area contributed by atoms with Gasteiger partial charge in [0.05, 0.1) is 37.2 Å². The zero-order valence-corrected chi connectivity index (χ0v) is 34.0. The van der Waals surface area contributed by atoms with Crippen molar-refractivity contribution in [2.75, 3.05) is 52.5 Å². The molecule has 300 valence electrons. The third-order valence-corrected chi connectivity index (χ3v) is 9.84. The molecule has 57 heavy (non-hydrogen) atoms. The molecule has 0 aliphatic carbocycles. The summed E-state index contributed by atoms with van der Waals surface area (Å²) in [6.07, 6.45) is 0.805. The maximum absolute atomic E-state index is 11.9. The predicted octanol–water partition coefficient (Wildman–Crippen LogP) is 8.01. The smallest absolute Gasteiger partial charge is 0.307 e. The number of nitrogens with zero attached hydrogens (tertiary/aromatic N) is 3. The molecule has 3 N–H and O–H groups in total. The van der Waals surface area contributed by atoms with E-state index >= 15 is 0 Å². The van der Waals surface area contributed by atoms with Gasteiger partial charge in [-0.3, -0.25) is 9.59 Å². The van der Waals surface area contributed by atoms with Gasteiger partial charge in [0.1, 0.15) is 33.9 Å². The number of para-hydroxylation sites is 2. The number of carbonyl (C=O) groups is 2. The van der Waals surface area contributed by atoms with Gasteiger partial charge in [0.15, 0.2) is 11.5 Å². The number of carbonyl (C=O) groups excluding carboxylic acids is 2. The molecule has 0 radical (unpaired) electrons. The van der Waals surface area contributed by atoms with Gasteiger partial charge in [-0.25, -0.2) is 9.98 Å². The van der Waals surface area contributed by atoms with E-state index in [0.717, 1.165) is 55.4 Å². The summed E-state index contributed by atoms with van der Waals surface area (Å²) in [6, 6.07) is 26.3. The van der Waals surface area contributed by atoms with E-state index in [2.05, 4.69) is 25.8 Å². The van der Waals surface area contributed by atoms with Gasteiger partial charge >= 0.3 is 11.9 Å². The zero-order valence-electron chi connectivity index (χ0n) is 31.7. The van der Waals surface area contributed by atoms with Crippen molar-refractivity contribution in [3.63, 3.8) is 0 Å². The van der Waals surface area contributed by atoms with Crippen molar-refractivity contribution in [2.24, 2.45) is 9.98 Å². The minimum absolute atomic E-state index is 0.00525. The van der Waals surface area contributed by atoms with Crippen LogP contribution in [-0.4, -0.2) is 92.4 Å². The first-order valence-corrected chi connectivity index (χ1v) is 20.0. The Labute approximate surface area is 347 Å². The van der Waals surface area contributed by atoms with Gasteiger partial charge in [0, 0.05) is 61.4 Å². The lowest BCUT2D eigenvalue weighted by atomic mass is 10.1. The van der Waals surface area contributed by atoms with E-state index in [9.17, 15) is 9.59 Å². The molecule has 0 bridgehead atoms. The fourth-order valence-electron chi connectivity index (χ4n) is 6.47. The normalized spacial score (nSPS) is 17.8. The van der Waals surface area contributed by atoms with Crippen LogP contribution in [0.5, 0.6) is 23.0 Å². The molecule has 4 aliphatic heterocycles. The Morgan fingerprint density at radius 3 is 1.88 bits per heavy atom. The number of halogens is 3. The van der Waals surface area contributed by atoms with E-state index in [-0.39, 0.29) is 24.0 Å². The molecule has 0 aromatic heterocycles. The summed E-state index contributed by atoms with van der Waals surface area (Å²) in [5.41, 5.74) is 3.03. The molecule has 0 spiro atoms. The minimum Gasteiger partial charge on any atom is -0.466 e. The lowest BCUT2D eigenvalue weighted by Crippen LogP contribution is -2.53. The number of hydrogen-bond donors (Lipinski definition) is 3. The quantitative estimate of drug-likeness (QED) is 0.164. The summed E-state index contributed by atoms with van der Waals surface area (Å²) in [4.78, 5) is 34.3. The van der Waals surface area contributed by atoms with Gasteiger partial charge in [-0.05, 0) is 74.5 Å². The minimum atomic E-state index is -0.189. The highest BCUT2D eigenvalue weighted by Crippen LogP contribution is 2.41. The van der Waals surface area contributed by atoms with E-state index < -0.39 is 0 Å². The summed E-state index contributed by atoms with van der Waals surface area (Å²) in [7, 11) is 0. The van der Waals surface area contributed by atoms with Crippen LogP contribution < -0.4 is 25.4 Å². The van der Waals surface area contributed by atoms with Crippen molar-refractivity contribution < 1.29 is 28.5 Å². The van der Waals surface area contributed by atoms with Gasteiger partial charge in [-0.15, -0.1) is 0 Å². The summed E-state index contributed by atoms with van der Waals surface area (Å²) >= 11 is 18.3. The molecule has 0 unspecified atom stereocenters. The molecule has 12 nitrogen and oxygen atoms in total. The summed E-state index contributed by atoms with van der Waals surface area (Å²) in [6.45, 7) is 9.48. The van der Waals surface area contributed by atoms with Crippen LogP contribution in [0.25, 0.3) is 0 Å². The SMILES string of the molecule is CCOC(=O)C[C@H]1CN(C2=Nc3cc(Cl)ccc3Oc3ccccc32)CCN1.CCOC(=O)C[C@H]1CNCCN1.ClC1=Nc2cc(Cl)ccc2Oc2ccccc21. The van der Waals surface area contributed by atoms with Gasteiger partial charge < -0.3 is 39.8 Å². The van der Waals surface area contributed by atoms with Crippen molar-refractivity contribution in [1.29, 1.82) is 0 Å². The van der Waals surface area contributed by atoms with Gasteiger partial charge in [0.25, 0.3) is 0 Å². The Hall–Kier alpha value is -4.69. The second-order valence-electron chi connectivity index (χ2n) is 13.2. The van der Waals surface area contributed by atoms with E-state index in [4.69, 9.17) is 58.7 Å². The van der Waals surface area contributed by atoms with Crippen molar-refractivity contribution in [3.05, 3.63) is 106 Å². The number of benzene rings is 4. The molecule has 0 amide bonds. The lowest BCUT2D eigenvalue weighted by Gasteiger charge is -2.35. The molecular weight excluding hydrogens is 791 g/mol. The van der Waals surface area contributed by atoms with Crippen molar-refractivity contribution in [1.82, 2.24) is 20.9 Å². The number of amidine groups is 1. The van der Waals surface area contributed by atoms with Crippen molar-refractivity contribution in [2.45, 2.75) is 38.8 Å². The Morgan fingerprint density at radius 2 is 1.26 bits per heavy atom. The zero-order chi connectivity index (χ0) is 40.1. The summed E-state index contributed by atoms with van der Waals surface area (Å²) in [5.74, 6) is 3.30. The Bertz CT molecular complexity index is 2090. The highest BCUT2D eigenvalue weighted by Gasteiger charge is 2.28. The summed E-state index contributed by atoms with van der Waals surface area (Å²) in [5, 5.41) is 11.5. The third-order valence-electron chi connectivity index (χ3n) is 9.08. The molecule has 2 fully saturated rings. The van der Waals surface area contributed by atoms with Crippen molar-refractivity contribution in [3.8, 4) is 23.0 Å². The number of ether oxygens (including phenoxy) is 4. The Kier molecular flexibility index (Phi) is 15.2. The average molecular weight is 836 g/mol. The second kappa shape index (κ2) is 20.6. The van der Waals surface area contributed by atoms with E-state index in [1.54, 1.807) is 30.3 Å². The molecule has 0 saturated carbocycles. The number of rotatable bonds is 6. The number of fused-ring (bicyclic) bond motifs is 4. The summed E-state index contributed by atoms with van der Waals surface area (Å²) < 4.78 is 21.8. The first-order chi connectivity index (χ1) is 27.7. The standard InChI is InChI=1S/C21H22ClN3O3.C13H7Cl2NO.C8H16N2O2/c1-2-27-20(26)12-15-13-25(10-9-23-15)21-16-5-3-4-6-18(16)28-19-8-7-14(22)11-17(19)24-21;14-8-5-6-12-10(7-8)16-13(15)9-3-1-2-4-11(9)17-12;1-2-12-8(11)5-7-6-9-3-4-10-7/h3-8,11,15,23H,2,9-10,12-13H2,1H3;1-7H;7,9-10H,2-6H2,1H3/t15-;;7-/m0.0/s1. The lowest BCUT2D eigenvalue weighted by molar-refractivity contribution is -0.144. The Morgan fingerprint density at radius 1 is 0.702 bits per heavy atom. The van der Waals surface area contributed by atoms with Gasteiger partial charge in [0.2, 0.25) is 0 Å². The van der Waals surface area contributed by atoms with Gasteiger partial charge in [-0.2, -0.15) is 0 Å². The predicted molar refractivity (Wildman–Crippen MR) is 225 cm³/mol. The van der Waals surface area contributed by atoms with Crippen molar-refractivity contribution >= 4 is 69.1 Å². The van der Waals surface area contributed by atoms with Crippen LogP contribution in [0.15, 0.2) is 94.9 Å². The van der Waals surface area contributed by atoms with Gasteiger partial charge in [-0.1, -0.05) is 59.1 Å². The third kappa shape index (κ3) is 11.7. The average Bonchev–Trinajstić information content (AvgIpc) is 3.46. The largest absolute Gasteiger partial charge is 0.466 e. The first-order valence-electron chi connectivity index (χ1n) is 18.9. The highest BCUT2D eigenvalue weighted by molar-refractivity contribution is 6.70. The fraction of sp³-hybridized carbons (Fsp3) is 0.333. The van der Waals surface area contributed by atoms with Crippen LogP contribution in [0.1, 0.15) is 37.8 Å². The monoisotopic (exact) mass is 834 g/mol. The van der Waals surface area contributed by atoms with Crippen LogP contribution in [0.4, 0.5) is 11.4 Å². The Balaban J connectivity index is 0.000000160. The maximum atomic E-state index is 11.9. The molecule has 8 rings (SSSR count). The first kappa shape index (κ1) is 41.9. The van der Waals surface area contributed by atoms with E-state index in [0.29, 0.717) is 76.4 Å². The number of piperazine rings is 2. The van der Waals surface area contributed by atoms with E-state index in [1.165, 1.54) is 0 Å². The highest BCUT2D eigenvalue weighted by atomic mass is 35.5. The topological polar surface area (TPSA) is 135 Å². The van der Waals surface area contributed by atoms with Crippen LogP contribution in [0.3, 0.4) is 0 Å². The maximum Gasteiger partial charge on any atom is 0.307 e. The number of aliphatic imine (C=N–C) groups is 2. The molecule has 4 aromatic rings. The fourth-order valence-corrected chi connectivity index (χ4v) is 7.05. The molecule has 2 saturated heterocycles. The molecule has 4 aromatic carbocycles. The van der Waals surface area contributed by atoms with Crippen LogP contribution in [-0.2, 0) is 19.1 Å². The van der Waals surface area contributed by atoms with Crippen LogP contribution in [0, 0.1) is 0 Å².